The first-order valence-electron chi connectivity index (χ1n) is 6.41. The average molecular weight is 260 g/mol. The van der Waals surface area contributed by atoms with Crippen LogP contribution >= 0.6 is 0 Å². The molecule has 2 rings (SSSR count). The molecule has 2 aliphatic heterocycles. The highest BCUT2D eigenvalue weighted by Gasteiger charge is 2.47. The van der Waals surface area contributed by atoms with Crippen LogP contribution in [-0.4, -0.2) is 41.6 Å². The Bertz CT molecular complexity index is 262. The number of hydrogen-bond acceptors (Lipinski definition) is 4. The summed E-state index contributed by atoms with van der Waals surface area (Å²) < 4.78 is 20.9. The summed E-state index contributed by atoms with van der Waals surface area (Å²) in [7, 11) is 0. The Morgan fingerprint density at radius 2 is 2.00 bits per heavy atom. The topological polar surface area (TPSA) is 56.3 Å². The van der Waals surface area contributed by atoms with Gasteiger partial charge in [0.1, 0.15) is 4.75 Å². The molecule has 5 heteroatoms. The summed E-state index contributed by atoms with van der Waals surface area (Å²) >= 11 is -1.01. The highest BCUT2D eigenvalue weighted by atomic mass is 32.2. The average Bonchev–Trinajstić information content (AvgIpc) is 2.61. The van der Waals surface area contributed by atoms with Crippen LogP contribution in [-0.2, 0) is 16.1 Å². The molecular weight excluding hydrogens is 236 g/mol. The van der Waals surface area contributed by atoms with E-state index in [2.05, 4.69) is 10.0 Å². The van der Waals surface area contributed by atoms with Crippen molar-refractivity contribution in [2.45, 2.75) is 44.4 Å². The Balaban J connectivity index is 1.99. The van der Waals surface area contributed by atoms with E-state index >= 15 is 0 Å². The monoisotopic (exact) mass is 260 g/mol. The maximum atomic E-state index is 12.2. The molecule has 0 unspecified atom stereocenters. The smallest absolute Gasteiger partial charge is 0.136 e. The molecule has 2 saturated heterocycles. The molecule has 2 N–H and O–H groups in total. The van der Waals surface area contributed by atoms with Crippen molar-refractivity contribution >= 4 is 11.4 Å². The molecule has 0 aromatic carbocycles. The van der Waals surface area contributed by atoms with Crippen LogP contribution < -0.4 is 10.0 Å². The summed E-state index contributed by atoms with van der Waals surface area (Å²) in [6, 6.07) is 0.240. The molecule has 0 aliphatic carbocycles. The Morgan fingerprint density at radius 3 is 2.59 bits per heavy atom. The lowest BCUT2D eigenvalue weighted by Crippen LogP contribution is -2.54. The summed E-state index contributed by atoms with van der Waals surface area (Å²) in [6.45, 7) is 9.60. The number of hydrogen-bond donors (Lipinski definition) is 2. The number of rotatable bonds is 2. The van der Waals surface area contributed by atoms with E-state index in [4.69, 9.17) is 4.74 Å². The third-order valence-electron chi connectivity index (χ3n) is 3.82. The van der Waals surface area contributed by atoms with Crippen LogP contribution in [0.3, 0.4) is 0 Å². The van der Waals surface area contributed by atoms with Gasteiger partial charge in [0.15, 0.2) is 0 Å². The predicted molar refractivity (Wildman–Crippen MR) is 70.2 cm³/mol. The fraction of sp³-hybridized carbons (Fsp3) is 1.00. The van der Waals surface area contributed by atoms with E-state index in [0.717, 1.165) is 32.5 Å². The number of piperidine rings is 1. The van der Waals surface area contributed by atoms with Crippen molar-refractivity contribution < 1.29 is 9.29 Å². The van der Waals surface area contributed by atoms with Crippen LogP contribution in [0.25, 0.3) is 0 Å². The van der Waals surface area contributed by atoms with Gasteiger partial charge in [-0.25, -0.2) is 0 Å². The molecule has 17 heavy (non-hydrogen) atoms. The van der Waals surface area contributed by atoms with E-state index < -0.39 is 11.4 Å². The third-order valence-corrected chi connectivity index (χ3v) is 5.43. The van der Waals surface area contributed by atoms with Crippen molar-refractivity contribution in [2.24, 2.45) is 5.41 Å². The SMILES string of the molecule is CC(C)(C)[S@@+]([O-])N[C@@H]1COCC12CCNCC2. The Labute approximate surface area is 107 Å². The van der Waals surface area contributed by atoms with Crippen molar-refractivity contribution in [3.8, 4) is 0 Å². The zero-order chi connectivity index (χ0) is 12.5. The predicted octanol–water partition coefficient (Wildman–Crippen LogP) is 0.807. The normalized spacial score (nSPS) is 30.7. The standard InChI is InChI=1S/C12H24N2O2S/c1-11(2,3)17(15)14-10-8-16-9-12(10)4-6-13-7-5-12/h10,13-14H,4-9H2,1-3H3/t10-,17-/m1/s1. The first kappa shape index (κ1) is 13.6. The Kier molecular flexibility index (Phi) is 4.05. The Morgan fingerprint density at radius 1 is 1.35 bits per heavy atom. The lowest BCUT2D eigenvalue weighted by Gasteiger charge is -2.38. The van der Waals surface area contributed by atoms with Gasteiger partial charge in [-0.05, 0) is 46.7 Å². The van der Waals surface area contributed by atoms with Crippen molar-refractivity contribution in [3.05, 3.63) is 0 Å². The van der Waals surface area contributed by atoms with E-state index in [1.807, 2.05) is 20.8 Å². The molecule has 0 radical (unpaired) electrons. The highest BCUT2D eigenvalue weighted by Crippen LogP contribution is 2.38. The molecule has 0 amide bonds. The van der Waals surface area contributed by atoms with E-state index in [1.165, 1.54) is 0 Å². The van der Waals surface area contributed by atoms with Crippen LogP contribution in [0.15, 0.2) is 0 Å². The summed E-state index contributed by atoms with van der Waals surface area (Å²) in [6.07, 6.45) is 2.23. The van der Waals surface area contributed by atoms with Crippen molar-refractivity contribution in [3.63, 3.8) is 0 Å². The molecule has 0 bridgehead atoms. The summed E-state index contributed by atoms with van der Waals surface area (Å²) in [4.78, 5) is 0. The lowest BCUT2D eigenvalue weighted by atomic mass is 9.75. The minimum atomic E-state index is -1.01. The van der Waals surface area contributed by atoms with E-state index in [9.17, 15) is 4.55 Å². The molecule has 0 aromatic heterocycles. The number of nitrogens with one attached hydrogen (secondary N) is 2. The Hall–Kier alpha value is 0.190. The molecule has 2 fully saturated rings. The quantitative estimate of drug-likeness (QED) is 0.721. The fourth-order valence-electron chi connectivity index (χ4n) is 2.54. The first-order chi connectivity index (χ1) is 7.94. The maximum Gasteiger partial charge on any atom is 0.136 e. The maximum absolute atomic E-state index is 12.2. The van der Waals surface area contributed by atoms with Gasteiger partial charge in [0.05, 0.1) is 19.3 Å². The van der Waals surface area contributed by atoms with Gasteiger partial charge in [0.25, 0.3) is 0 Å². The molecule has 100 valence electrons. The third kappa shape index (κ3) is 2.96. The first-order valence-corrected chi connectivity index (χ1v) is 7.56. The fourth-order valence-corrected chi connectivity index (χ4v) is 3.47. The summed E-state index contributed by atoms with van der Waals surface area (Å²) in [5, 5.41) is 3.38. The second-order valence-corrected chi connectivity index (χ2v) is 8.18. The minimum Gasteiger partial charge on any atom is -0.598 e. The van der Waals surface area contributed by atoms with Crippen LogP contribution in [0, 0.1) is 5.41 Å². The van der Waals surface area contributed by atoms with Crippen LogP contribution in [0.5, 0.6) is 0 Å². The number of ether oxygens (including phenoxy) is 1. The van der Waals surface area contributed by atoms with Crippen molar-refractivity contribution in [1.82, 2.24) is 10.0 Å². The minimum absolute atomic E-state index is 0.201. The zero-order valence-corrected chi connectivity index (χ0v) is 11.9. The second kappa shape index (κ2) is 5.05. The van der Waals surface area contributed by atoms with Crippen molar-refractivity contribution in [1.29, 1.82) is 0 Å². The van der Waals surface area contributed by atoms with Gasteiger partial charge in [-0.1, -0.05) is 0 Å². The van der Waals surface area contributed by atoms with Crippen LogP contribution in [0.2, 0.25) is 0 Å². The molecule has 1 spiro atoms. The van der Waals surface area contributed by atoms with Gasteiger partial charge >= 0.3 is 0 Å². The van der Waals surface area contributed by atoms with Gasteiger partial charge in [-0.2, -0.15) is 0 Å². The molecule has 2 atom stereocenters. The lowest BCUT2D eigenvalue weighted by molar-refractivity contribution is 0.125. The molecular formula is C12H24N2O2S. The van der Waals surface area contributed by atoms with Gasteiger partial charge in [-0.15, -0.1) is 4.72 Å². The van der Waals surface area contributed by atoms with Crippen LogP contribution in [0.4, 0.5) is 0 Å². The van der Waals surface area contributed by atoms with E-state index in [-0.39, 0.29) is 16.2 Å². The highest BCUT2D eigenvalue weighted by molar-refractivity contribution is 7.90. The van der Waals surface area contributed by atoms with Crippen molar-refractivity contribution in [2.75, 3.05) is 26.3 Å². The molecule has 4 nitrogen and oxygen atoms in total. The second-order valence-electron chi connectivity index (χ2n) is 6.18. The van der Waals surface area contributed by atoms with E-state index in [1.54, 1.807) is 0 Å². The largest absolute Gasteiger partial charge is 0.598 e. The molecule has 2 heterocycles. The molecule has 0 aromatic rings. The van der Waals surface area contributed by atoms with Gasteiger partial charge in [0.2, 0.25) is 0 Å². The molecule has 0 saturated carbocycles. The molecule has 2 aliphatic rings. The summed E-state index contributed by atoms with van der Waals surface area (Å²) in [5.41, 5.74) is 0.201. The summed E-state index contributed by atoms with van der Waals surface area (Å²) in [5.74, 6) is 0. The van der Waals surface area contributed by atoms with Gasteiger partial charge < -0.3 is 14.6 Å². The van der Waals surface area contributed by atoms with E-state index in [0.29, 0.717) is 6.61 Å². The van der Waals surface area contributed by atoms with Gasteiger partial charge in [0, 0.05) is 16.8 Å². The van der Waals surface area contributed by atoms with Crippen LogP contribution in [0.1, 0.15) is 33.6 Å². The zero-order valence-electron chi connectivity index (χ0n) is 11.0. The van der Waals surface area contributed by atoms with Gasteiger partial charge in [-0.3, -0.25) is 0 Å².